The molecular weight excluding hydrogens is 408 g/mol. The summed E-state index contributed by atoms with van der Waals surface area (Å²) >= 11 is 0. The van der Waals surface area contributed by atoms with Gasteiger partial charge < -0.3 is 14.8 Å². The minimum Gasteiger partial charge on any atom is -0.495 e. The topological polar surface area (TPSA) is 102 Å². The predicted molar refractivity (Wildman–Crippen MR) is 113 cm³/mol. The maximum absolute atomic E-state index is 12.5. The van der Waals surface area contributed by atoms with Crippen LogP contribution in [0.2, 0.25) is 0 Å². The van der Waals surface area contributed by atoms with Crippen LogP contribution in [0.5, 0.6) is 5.75 Å². The smallest absolute Gasteiger partial charge is 0.316 e. The van der Waals surface area contributed by atoms with Crippen molar-refractivity contribution < 1.29 is 27.5 Å². The van der Waals surface area contributed by atoms with Crippen molar-refractivity contribution in [3.8, 4) is 5.75 Å². The Bertz CT molecular complexity index is 1020. The van der Waals surface area contributed by atoms with E-state index in [4.69, 9.17) is 9.47 Å². The second kappa shape index (κ2) is 9.27. The lowest BCUT2D eigenvalue weighted by Crippen LogP contribution is -2.33. The number of anilines is 1. The lowest BCUT2D eigenvalue weighted by Gasteiger charge is -2.23. The van der Waals surface area contributed by atoms with E-state index in [-0.39, 0.29) is 16.3 Å². The van der Waals surface area contributed by atoms with Gasteiger partial charge >= 0.3 is 5.97 Å². The largest absolute Gasteiger partial charge is 0.495 e. The number of ether oxygens (including phenoxy) is 2. The zero-order valence-corrected chi connectivity index (χ0v) is 18.4. The summed E-state index contributed by atoms with van der Waals surface area (Å²) in [5.74, 6) is -0.901. The van der Waals surface area contributed by atoms with Gasteiger partial charge in [-0.1, -0.05) is 30.3 Å². The van der Waals surface area contributed by atoms with Crippen LogP contribution in [0.4, 0.5) is 5.69 Å². The van der Waals surface area contributed by atoms with Crippen LogP contribution in [-0.4, -0.2) is 52.4 Å². The number of hydrogen-bond donors (Lipinski definition) is 1. The molecule has 0 spiro atoms. The number of esters is 1. The van der Waals surface area contributed by atoms with E-state index in [1.54, 1.807) is 13.8 Å². The van der Waals surface area contributed by atoms with Gasteiger partial charge in [0.15, 0.2) is 6.61 Å². The molecule has 2 aromatic carbocycles. The number of carbonyl (C=O) groups excluding carboxylic acids is 2. The van der Waals surface area contributed by atoms with Crippen LogP contribution in [0, 0.1) is 0 Å². The van der Waals surface area contributed by atoms with Crippen LogP contribution in [0.3, 0.4) is 0 Å². The van der Waals surface area contributed by atoms with Crippen LogP contribution < -0.4 is 10.1 Å². The normalized spacial score (nSPS) is 11.8. The molecule has 0 aliphatic rings. The van der Waals surface area contributed by atoms with E-state index in [1.165, 1.54) is 39.4 Å². The lowest BCUT2D eigenvalue weighted by atomic mass is 9.85. The molecular formula is C21H26N2O6S. The van der Waals surface area contributed by atoms with Gasteiger partial charge in [-0.3, -0.25) is 9.59 Å². The highest BCUT2D eigenvalue weighted by Crippen LogP contribution is 2.29. The number of methoxy groups -OCH3 is 1. The number of amides is 1. The summed E-state index contributed by atoms with van der Waals surface area (Å²) in [5.41, 5.74) is -0.0127. The molecule has 162 valence electrons. The fraction of sp³-hybridized carbons (Fsp3) is 0.333. The van der Waals surface area contributed by atoms with Crippen molar-refractivity contribution in [2.75, 3.05) is 33.1 Å². The SMILES string of the molecule is COc1ccc(S(=O)(=O)N(C)C)cc1NC(=O)COC(=O)C(C)(C)c1ccccc1. The van der Waals surface area contributed by atoms with Crippen molar-refractivity contribution in [3.63, 3.8) is 0 Å². The van der Waals surface area contributed by atoms with Gasteiger partial charge in [-0.25, -0.2) is 12.7 Å². The molecule has 0 aromatic heterocycles. The monoisotopic (exact) mass is 434 g/mol. The van der Waals surface area contributed by atoms with Gasteiger partial charge in [-0.2, -0.15) is 0 Å². The average molecular weight is 435 g/mol. The number of hydrogen-bond acceptors (Lipinski definition) is 6. The van der Waals surface area contributed by atoms with Crippen molar-refractivity contribution in [2.24, 2.45) is 0 Å². The maximum Gasteiger partial charge on any atom is 0.316 e. The highest BCUT2D eigenvalue weighted by atomic mass is 32.2. The summed E-state index contributed by atoms with van der Waals surface area (Å²) in [6.07, 6.45) is 0. The molecule has 0 aliphatic heterocycles. The van der Waals surface area contributed by atoms with E-state index in [2.05, 4.69) is 5.32 Å². The van der Waals surface area contributed by atoms with Crippen LogP contribution in [-0.2, 0) is 29.8 Å². The van der Waals surface area contributed by atoms with Gasteiger partial charge in [0, 0.05) is 14.1 Å². The third kappa shape index (κ3) is 5.17. The Morgan fingerprint density at radius 2 is 1.70 bits per heavy atom. The van der Waals surface area contributed by atoms with E-state index < -0.39 is 33.9 Å². The summed E-state index contributed by atoms with van der Waals surface area (Å²) < 4.78 is 36.1. The molecule has 0 saturated carbocycles. The number of nitrogens with one attached hydrogen (secondary N) is 1. The molecule has 0 saturated heterocycles. The summed E-state index contributed by atoms with van der Waals surface area (Å²) in [7, 11) is 0.519. The Hall–Kier alpha value is -2.91. The molecule has 1 N–H and O–H groups in total. The first-order chi connectivity index (χ1) is 14.0. The van der Waals surface area contributed by atoms with E-state index in [0.717, 1.165) is 9.87 Å². The molecule has 0 fully saturated rings. The van der Waals surface area contributed by atoms with Gasteiger partial charge in [0.1, 0.15) is 5.75 Å². The fourth-order valence-electron chi connectivity index (χ4n) is 2.63. The van der Waals surface area contributed by atoms with Crippen molar-refractivity contribution >= 4 is 27.6 Å². The molecule has 0 radical (unpaired) electrons. The van der Waals surface area contributed by atoms with E-state index in [9.17, 15) is 18.0 Å². The molecule has 2 rings (SSSR count). The van der Waals surface area contributed by atoms with Crippen molar-refractivity contribution in [1.29, 1.82) is 0 Å². The van der Waals surface area contributed by atoms with Crippen LogP contribution in [0.25, 0.3) is 0 Å². The van der Waals surface area contributed by atoms with Crippen LogP contribution in [0.1, 0.15) is 19.4 Å². The molecule has 2 aromatic rings. The molecule has 0 aliphatic carbocycles. The van der Waals surface area contributed by atoms with E-state index >= 15 is 0 Å². The summed E-state index contributed by atoms with van der Waals surface area (Å²) in [4.78, 5) is 24.8. The van der Waals surface area contributed by atoms with Crippen molar-refractivity contribution in [2.45, 2.75) is 24.2 Å². The van der Waals surface area contributed by atoms with Crippen LogP contribution in [0.15, 0.2) is 53.4 Å². The Kier molecular flexibility index (Phi) is 7.22. The van der Waals surface area contributed by atoms with Crippen molar-refractivity contribution in [3.05, 3.63) is 54.1 Å². The number of nitrogens with zero attached hydrogens (tertiary/aromatic N) is 1. The first kappa shape index (κ1) is 23.4. The lowest BCUT2D eigenvalue weighted by molar-refractivity contribution is -0.152. The minimum absolute atomic E-state index is 0.00851. The Balaban J connectivity index is 2.12. The molecule has 8 nitrogen and oxygen atoms in total. The van der Waals surface area contributed by atoms with E-state index in [0.29, 0.717) is 0 Å². The molecule has 0 unspecified atom stereocenters. The van der Waals surface area contributed by atoms with E-state index in [1.807, 2.05) is 30.3 Å². The second-order valence-corrected chi connectivity index (χ2v) is 9.42. The molecule has 0 bridgehead atoms. The number of sulfonamides is 1. The highest BCUT2D eigenvalue weighted by Gasteiger charge is 2.32. The van der Waals surface area contributed by atoms with Gasteiger partial charge in [-0.15, -0.1) is 0 Å². The fourth-order valence-corrected chi connectivity index (χ4v) is 3.55. The van der Waals surface area contributed by atoms with Gasteiger partial charge in [0.05, 0.1) is 23.1 Å². The summed E-state index contributed by atoms with van der Waals surface area (Å²) in [6.45, 7) is 2.89. The van der Waals surface area contributed by atoms with Gasteiger partial charge in [0.2, 0.25) is 10.0 Å². The van der Waals surface area contributed by atoms with Gasteiger partial charge in [-0.05, 0) is 37.6 Å². The molecule has 1 amide bonds. The molecule has 9 heteroatoms. The number of rotatable bonds is 8. The minimum atomic E-state index is -3.69. The standard InChI is InChI=1S/C21H26N2O6S/c1-21(2,15-9-7-6-8-10-15)20(25)29-14-19(24)22-17-13-16(11-12-18(17)28-5)30(26,27)23(3)4/h6-13H,14H2,1-5H3,(H,22,24). The van der Waals surface area contributed by atoms with Crippen molar-refractivity contribution in [1.82, 2.24) is 4.31 Å². The molecule has 30 heavy (non-hydrogen) atoms. The Morgan fingerprint density at radius 3 is 2.27 bits per heavy atom. The third-order valence-electron chi connectivity index (χ3n) is 4.56. The van der Waals surface area contributed by atoms with Gasteiger partial charge in [0.25, 0.3) is 5.91 Å². The first-order valence-electron chi connectivity index (χ1n) is 9.13. The second-order valence-electron chi connectivity index (χ2n) is 7.26. The number of carbonyl (C=O) groups is 2. The molecule has 0 heterocycles. The zero-order valence-electron chi connectivity index (χ0n) is 17.6. The summed E-state index contributed by atoms with van der Waals surface area (Å²) in [6, 6.07) is 13.2. The highest BCUT2D eigenvalue weighted by molar-refractivity contribution is 7.89. The number of benzene rings is 2. The predicted octanol–water partition coefficient (Wildman–Crippen LogP) is 2.41. The van der Waals surface area contributed by atoms with Crippen LogP contribution >= 0.6 is 0 Å². The Morgan fingerprint density at radius 1 is 1.07 bits per heavy atom. The summed E-state index contributed by atoms with van der Waals surface area (Å²) in [5, 5.41) is 2.54. The average Bonchev–Trinajstić information content (AvgIpc) is 2.72. The first-order valence-corrected chi connectivity index (χ1v) is 10.6. The quantitative estimate of drug-likeness (QED) is 0.640. The third-order valence-corrected chi connectivity index (χ3v) is 6.37. The Labute approximate surface area is 176 Å². The zero-order chi connectivity index (χ0) is 22.5. The maximum atomic E-state index is 12.5. The molecule has 0 atom stereocenters.